The van der Waals surface area contributed by atoms with E-state index in [0.29, 0.717) is 18.7 Å². The van der Waals surface area contributed by atoms with Gasteiger partial charge in [-0.2, -0.15) is 13.2 Å². The molecule has 0 unspecified atom stereocenters. The van der Waals surface area contributed by atoms with Gasteiger partial charge in [-0.05, 0) is 30.2 Å². The average Bonchev–Trinajstić information content (AvgIpc) is 2.63. The molecule has 142 valence electrons. The van der Waals surface area contributed by atoms with Crippen molar-refractivity contribution in [2.45, 2.75) is 26.2 Å². The number of benzene rings is 2. The van der Waals surface area contributed by atoms with Crippen LogP contribution in [-0.2, 0) is 28.9 Å². The molecule has 2 aromatic carbocycles. The fourth-order valence-corrected chi connectivity index (χ4v) is 3.00. The van der Waals surface area contributed by atoms with Crippen molar-refractivity contribution in [3.8, 4) is 0 Å². The first kappa shape index (κ1) is 18.9. The van der Waals surface area contributed by atoms with Gasteiger partial charge < -0.3 is 9.80 Å². The van der Waals surface area contributed by atoms with E-state index in [-0.39, 0.29) is 13.1 Å². The summed E-state index contributed by atoms with van der Waals surface area (Å²) >= 11 is 0. The second-order valence-electron chi connectivity index (χ2n) is 6.64. The molecule has 1 aliphatic heterocycles. The lowest BCUT2D eigenvalue weighted by atomic mass is 10.1. The maximum Gasteiger partial charge on any atom is 0.416 e. The lowest BCUT2D eigenvalue weighted by molar-refractivity contribution is -0.156. The summed E-state index contributed by atoms with van der Waals surface area (Å²) in [5.41, 5.74) is 1.61. The molecule has 2 aromatic rings. The zero-order valence-corrected chi connectivity index (χ0v) is 14.8. The van der Waals surface area contributed by atoms with Crippen molar-refractivity contribution in [2.24, 2.45) is 0 Å². The Kier molecular flexibility index (Phi) is 5.21. The van der Waals surface area contributed by atoms with Crippen LogP contribution in [0.3, 0.4) is 0 Å². The molecule has 0 spiro atoms. The van der Waals surface area contributed by atoms with E-state index in [0.717, 1.165) is 23.3 Å². The number of halogens is 3. The van der Waals surface area contributed by atoms with Crippen LogP contribution in [0.25, 0.3) is 0 Å². The highest BCUT2D eigenvalue weighted by Gasteiger charge is 2.33. The van der Waals surface area contributed by atoms with Crippen LogP contribution < -0.4 is 0 Å². The first-order valence-electron chi connectivity index (χ1n) is 8.54. The highest BCUT2D eigenvalue weighted by Crippen LogP contribution is 2.29. The van der Waals surface area contributed by atoms with Gasteiger partial charge in [0.1, 0.15) is 0 Å². The minimum absolute atomic E-state index is 0.0210. The first-order valence-corrected chi connectivity index (χ1v) is 8.54. The van der Waals surface area contributed by atoms with Crippen LogP contribution in [0.5, 0.6) is 0 Å². The van der Waals surface area contributed by atoms with E-state index in [4.69, 9.17) is 0 Å². The molecule has 1 aliphatic rings. The molecule has 0 saturated carbocycles. The van der Waals surface area contributed by atoms with Crippen LogP contribution in [0.2, 0.25) is 0 Å². The van der Waals surface area contributed by atoms with Gasteiger partial charge in [0.2, 0.25) is 0 Å². The van der Waals surface area contributed by atoms with E-state index in [1.54, 1.807) is 0 Å². The zero-order valence-electron chi connectivity index (χ0n) is 14.8. The summed E-state index contributed by atoms with van der Waals surface area (Å²) in [7, 11) is 0. The fraction of sp³-hybridized carbons (Fsp3) is 0.300. The lowest BCUT2D eigenvalue weighted by Crippen LogP contribution is -2.53. The highest BCUT2D eigenvalue weighted by atomic mass is 19.4. The van der Waals surface area contributed by atoms with Crippen LogP contribution in [0.1, 0.15) is 22.3 Å². The number of piperazine rings is 1. The third-order valence-corrected chi connectivity index (χ3v) is 4.52. The maximum absolute atomic E-state index is 12.8. The normalized spacial score (nSPS) is 15.4. The summed E-state index contributed by atoms with van der Waals surface area (Å²) in [6.45, 7) is 2.91. The van der Waals surface area contributed by atoms with Crippen LogP contribution in [-0.4, -0.2) is 34.7 Å². The summed E-state index contributed by atoms with van der Waals surface area (Å²) in [5, 5.41) is 0. The molecule has 0 N–H and O–H groups in total. The van der Waals surface area contributed by atoms with Gasteiger partial charge in [0.05, 0.1) is 5.56 Å². The number of hydrogen-bond acceptors (Lipinski definition) is 2. The Hall–Kier alpha value is -2.83. The Bertz CT molecular complexity index is 847. The molecule has 1 fully saturated rings. The summed E-state index contributed by atoms with van der Waals surface area (Å²) in [5.74, 6) is -1.32. The summed E-state index contributed by atoms with van der Waals surface area (Å²) in [6.07, 6.45) is -4.44. The molecule has 0 atom stereocenters. The molecule has 27 heavy (non-hydrogen) atoms. The van der Waals surface area contributed by atoms with E-state index in [2.05, 4.69) is 0 Å². The standard InChI is InChI=1S/C20H19F3N2O2/c1-14-5-7-15(8-6-14)12-24-9-10-25(19(27)18(24)26)13-16-3-2-4-17(11-16)20(21,22)23/h2-8,11H,9-10,12-13H2,1H3. The van der Waals surface area contributed by atoms with Gasteiger partial charge in [-0.15, -0.1) is 0 Å². The number of nitrogens with zero attached hydrogens (tertiary/aromatic N) is 2. The molecule has 3 rings (SSSR count). The van der Waals surface area contributed by atoms with Gasteiger partial charge in [-0.25, -0.2) is 0 Å². The number of alkyl halides is 3. The Morgan fingerprint density at radius 1 is 0.852 bits per heavy atom. The predicted octanol–water partition coefficient (Wildman–Crippen LogP) is 3.38. The second kappa shape index (κ2) is 7.42. The Morgan fingerprint density at radius 2 is 1.41 bits per heavy atom. The topological polar surface area (TPSA) is 40.6 Å². The molecule has 4 nitrogen and oxygen atoms in total. The summed E-state index contributed by atoms with van der Waals surface area (Å²) in [6, 6.07) is 12.5. The van der Waals surface area contributed by atoms with Crippen molar-refractivity contribution in [2.75, 3.05) is 13.1 Å². The van der Waals surface area contributed by atoms with E-state index in [1.165, 1.54) is 21.9 Å². The molecular weight excluding hydrogens is 357 g/mol. The van der Waals surface area contributed by atoms with E-state index in [1.807, 2.05) is 31.2 Å². The number of aryl methyl sites for hydroxylation is 1. The van der Waals surface area contributed by atoms with Crippen molar-refractivity contribution >= 4 is 11.8 Å². The van der Waals surface area contributed by atoms with Crippen molar-refractivity contribution in [1.82, 2.24) is 9.80 Å². The number of carbonyl (C=O) groups is 2. The van der Waals surface area contributed by atoms with Crippen LogP contribution in [0.15, 0.2) is 48.5 Å². The van der Waals surface area contributed by atoms with Gasteiger partial charge >= 0.3 is 18.0 Å². The second-order valence-corrected chi connectivity index (χ2v) is 6.64. The Morgan fingerprint density at radius 3 is 1.96 bits per heavy atom. The molecule has 1 heterocycles. The van der Waals surface area contributed by atoms with Crippen molar-refractivity contribution in [3.05, 3.63) is 70.8 Å². The van der Waals surface area contributed by atoms with Gasteiger partial charge in [0.25, 0.3) is 0 Å². The van der Waals surface area contributed by atoms with Gasteiger partial charge in [-0.1, -0.05) is 42.0 Å². The minimum Gasteiger partial charge on any atom is -0.328 e. The van der Waals surface area contributed by atoms with Crippen LogP contribution in [0, 0.1) is 6.92 Å². The molecule has 2 amide bonds. The molecule has 1 saturated heterocycles. The van der Waals surface area contributed by atoms with Crippen LogP contribution in [0.4, 0.5) is 13.2 Å². The summed E-state index contributed by atoms with van der Waals surface area (Å²) < 4.78 is 38.5. The van der Waals surface area contributed by atoms with Gasteiger partial charge in [0.15, 0.2) is 0 Å². The Balaban J connectivity index is 1.66. The smallest absolute Gasteiger partial charge is 0.328 e. The average molecular weight is 376 g/mol. The number of rotatable bonds is 4. The summed E-state index contributed by atoms with van der Waals surface area (Å²) in [4.78, 5) is 27.5. The molecule has 0 radical (unpaired) electrons. The van der Waals surface area contributed by atoms with Crippen LogP contribution >= 0.6 is 0 Å². The quantitative estimate of drug-likeness (QED) is 0.768. The highest BCUT2D eigenvalue weighted by molar-refractivity contribution is 6.35. The molecular formula is C20H19F3N2O2. The number of hydrogen-bond donors (Lipinski definition) is 0. The zero-order chi connectivity index (χ0) is 19.6. The number of carbonyl (C=O) groups excluding carboxylic acids is 2. The lowest BCUT2D eigenvalue weighted by Gasteiger charge is -2.34. The van der Waals surface area contributed by atoms with Crippen molar-refractivity contribution in [1.29, 1.82) is 0 Å². The third kappa shape index (κ3) is 4.48. The van der Waals surface area contributed by atoms with Gasteiger partial charge in [-0.3, -0.25) is 9.59 Å². The molecule has 0 aromatic heterocycles. The predicted molar refractivity (Wildman–Crippen MR) is 93.5 cm³/mol. The number of amides is 2. The molecule has 7 heteroatoms. The van der Waals surface area contributed by atoms with E-state index >= 15 is 0 Å². The van der Waals surface area contributed by atoms with Crippen molar-refractivity contribution in [3.63, 3.8) is 0 Å². The van der Waals surface area contributed by atoms with Crippen molar-refractivity contribution < 1.29 is 22.8 Å². The maximum atomic E-state index is 12.8. The first-order chi connectivity index (χ1) is 12.7. The minimum atomic E-state index is -4.44. The van der Waals surface area contributed by atoms with E-state index < -0.39 is 23.6 Å². The largest absolute Gasteiger partial charge is 0.416 e. The monoisotopic (exact) mass is 376 g/mol. The van der Waals surface area contributed by atoms with Gasteiger partial charge in [0, 0.05) is 26.2 Å². The third-order valence-electron chi connectivity index (χ3n) is 4.52. The Labute approximate surface area is 155 Å². The molecule has 0 aliphatic carbocycles. The fourth-order valence-electron chi connectivity index (χ4n) is 3.00. The van der Waals surface area contributed by atoms with E-state index in [9.17, 15) is 22.8 Å². The SMILES string of the molecule is Cc1ccc(CN2CCN(Cc3cccc(C(F)(F)F)c3)C(=O)C2=O)cc1. The molecule has 0 bridgehead atoms.